The van der Waals surface area contributed by atoms with Crippen molar-refractivity contribution in [2.75, 3.05) is 6.61 Å². The maximum absolute atomic E-state index is 10.8. The number of nitro groups is 1. The maximum Gasteiger partial charge on any atom is 0.407 e. The van der Waals surface area contributed by atoms with Gasteiger partial charge in [-0.3, -0.25) is 10.1 Å². The van der Waals surface area contributed by atoms with Crippen LogP contribution in [0.5, 0.6) is 0 Å². The Morgan fingerprint density at radius 3 is 2.76 bits per heavy atom. The molecule has 17 heavy (non-hydrogen) atoms. The first-order chi connectivity index (χ1) is 7.58. The fraction of sp³-hybridized carbons (Fsp3) is 0.222. The Labute approximate surface area is 111 Å². The van der Waals surface area contributed by atoms with Crippen LogP contribution in [0.2, 0.25) is 0 Å². The molecule has 1 aromatic rings. The Kier molecular flexibility index (Phi) is 4.30. The number of nitro benzene ring substituents is 1. The van der Waals surface area contributed by atoms with Crippen molar-refractivity contribution in [3.8, 4) is 0 Å². The number of nitrogens with one attached hydrogen (secondary N) is 1. The van der Waals surface area contributed by atoms with Gasteiger partial charge in [-0.1, -0.05) is 6.07 Å². The van der Waals surface area contributed by atoms with Crippen molar-refractivity contribution in [1.82, 2.24) is 5.32 Å². The first-order valence-corrected chi connectivity index (χ1v) is 5.24. The van der Waals surface area contributed by atoms with Gasteiger partial charge in [-0.15, -0.1) is 12.4 Å². The molecule has 0 radical (unpaired) electrons. The molecular weight excluding hydrogens is 315 g/mol. The van der Waals surface area contributed by atoms with Crippen LogP contribution in [-0.4, -0.2) is 17.6 Å². The number of hydrogen-bond acceptors (Lipinski definition) is 4. The van der Waals surface area contributed by atoms with Crippen LogP contribution in [-0.2, 0) is 4.74 Å². The third-order valence-electron chi connectivity index (χ3n) is 2.24. The molecule has 0 bridgehead atoms. The highest BCUT2D eigenvalue weighted by molar-refractivity contribution is 9.10. The summed E-state index contributed by atoms with van der Waals surface area (Å²) in [5, 5.41) is 13.3. The van der Waals surface area contributed by atoms with Gasteiger partial charge in [0.1, 0.15) is 6.61 Å². The Morgan fingerprint density at radius 2 is 2.24 bits per heavy atom. The summed E-state index contributed by atoms with van der Waals surface area (Å²) in [7, 11) is 0. The summed E-state index contributed by atoms with van der Waals surface area (Å²) >= 11 is 3.09. The molecule has 1 aromatic carbocycles. The van der Waals surface area contributed by atoms with Crippen molar-refractivity contribution in [1.29, 1.82) is 0 Å². The molecule has 8 heteroatoms. The van der Waals surface area contributed by atoms with Crippen LogP contribution < -0.4 is 5.32 Å². The zero-order chi connectivity index (χ0) is 11.7. The Hall–Kier alpha value is -1.34. The molecule has 1 aliphatic heterocycles. The number of rotatable bonds is 2. The first-order valence-electron chi connectivity index (χ1n) is 4.45. The molecule has 1 fully saturated rings. The minimum absolute atomic E-state index is 0. The lowest BCUT2D eigenvalue weighted by Gasteiger charge is -2.07. The molecule has 0 aromatic heterocycles. The van der Waals surface area contributed by atoms with Gasteiger partial charge in [-0.05, 0) is 27.6 Å². The van der Waals surface area contributed by atoms with Crippen LogP contribution in [0, 0.1) is 10.1 Å². The van der Waals surface area contributed by atoms with Crippen molar-refractivity contribution >= 4 is 40.1 Å². The molecule has 1 atom stereocenters. The fourth-order valence-electron chi connectivity index (χ4n) is 1.45. The van der Waals surface area contributed by atoms with Gasteiger partial charge in [0.25, 0.3) is 5.69 Å². The van der Waals surface area contributed by atoms with Gasteiger partial charge in [0.2, 0.25) is 0 Å². The van der Waals surface area contributed by atoms with E-state index >= 15 is 0 Å². The summed E-state index contributed by atoms with van der Waals surface area (Å²) in [6.45, 7) is 0.192. The van der Waals surface area contributed by atoms with Crippen LogP contribution in [0.25, 0.3) is 0 Å². The first kappa shape index (κ1) is 13.7. The van der Waals surface area contributed by atoms with Gasteiger partial charge in [0.05, 0.1) is 15.4 Å². The molecule has 2 rings (SSSR count). The van der Waals surface area contributed by atoms with E-state index in [1.54, 1.807) is 12.1 Å². The van der Waals surface area contributed by atoms with Crippen molar-refractivity contribution in [2.45, 2.75) is 6.04 Å². The van der Waals surface area contributed by atoms with E-state index in [0.29, 0.717) is 10.0 Å². The normalized spacial score (nSPS) is 17.9. The van der Waals surface area contributed by atoms with Crippen LogP contribution in [0.15, 0.2) is 22.7 Å². The van der Waals surface area contributed by atoms with Gasteiger partial charge in [-0.2, -0.15) is 0 Å². The second kappa shape index (κ2) is 5.33. The number of amides is 1. The van der Waals surface area contributed by atoms with Gasteiger partial charge >= 0.3 is 6.09 Å². The van der Waals surface area contributed by atoms with Crippen LogP contribution in [0.3, 0.4) is 0 Å². The molecule has 0 spiro atoms. The number of halogens is 2. The summed E-state index contributed by atoms with van der Waals surface area (Å²) in [6, 6.07) is 4.39. The number of carbonyl (C=O) groups excluding carboxylic acids is 1. The standard InChI is InChI=1S/C9H7BrN2O4.ClH/c10-6-2-1-5(3-8(6)12(14)15)7-4-16-9(13)11-7;/h1-3,7H,4H2,(H,11,13);1H/t7-;/m0./s1. The molecule has 1 saturated heterocycles. The van der Waals surface area contributed by atoms with E-state index in [9.17, 15) is 14.9 Å². The van der Waals surface area contributed by atoms with E-state index in [-0.39, 0.29) is 30.7 Å². The molecule has 6 nitrogen and oxygen atoms in total. The number of carbonyl (C=O) groups is 1. The van der Waals surface area contributed by atoms with Gasteiger partial charge in [0, 0.05) is 6.07 Å². The number of benzene rings is 1. The molecule has 1 N–H and O–H groups in total. The highest BCUT2D eigenvalue weighted by Crippen LogP contribution is 2.29. The second-order valence-corrected chi connectivity index (χ2v) is 4.12. The molecule has 0 aliphatic carbocycles. The number of ether oxygens (including phenoxy) is 1. The molecule has 0 unspecified atom stereocenters. The van der Waals surface area contributed by atoms with Crippen molar-refractivity contribution in [3.05, 3.63) is 38.3 Å². The summed E-state index contributed by atoms with van der Waals surface area (Å²) in [5.41, 5.74) is 0.624. The summed E-state index contributed by atoms with van der Waals surface area (Å²) in [5.74, 6) is 0. The molecule has 1 heterocycles. The fourth-order valence-corrected chi connectivity index (χ4v) is 1.84. The highest BCUT2D eigenvalue weighted by Gasteiger charge is 2.25. The van der Waals surface area contributed by atoms with E-state index in [0.717, 1.165) is 0 Å². The lowest BCUT2D eigenvalue weighted by Crippen LogP contribution is -2.18. The highest BCUT2D eigenvalue weighted by atomic mass is 79.9. The van der Waals surface area contributed by atoms with Crippen molar-refractivity contribution in [3.63, 3.8) is 0 Å². The van der Waals surface area contributed by atoms with Crippen molar-refractivity contribution in [2.24, 2.45) is 0 Å². The average Bonchev–Trinajstić information content (AvgIpc) is 2.65. The predicted molar refractivity (Wildman–Crippen MR) is 65.3 cm³/mol. The lowest BCUT2D eigenvalue weighted by molar-refractivity contribution is -0.385. The van der Waals surface area contributed by atoms with E-state index in [1.807, 2.05) is 0 Å². The lowest BCUT2D eigenvalue weighted by atomic mass is 10.1. The Morgan fingerprint density at radius 1 is 1.53 bits per heavy atom. The van der Waals surface area contributed by atoms with E-state index in [1.165, 1.54) is 6.07 Å². The molecule has 1 amide bonds. The smallest absolute Gasteiger partial charge is 0.407 e. The third-order valence-corrected chi connectivity index (χ3v) is 2.91. The predicted octanol–water partition coefficient (Wildman–Crippen LogP) is 2.56. The minimum Gasteiger partial charge on any atom is -0.447 e. The molecular formula is C9H8BrClN2O4. The quantitative estimate of drug-likeness (QED) is 0.670. The maximum atomic E-state index is 10.8. The van der Waals surface area contributed by atoms with Crippen LogP contribution in [0.1, 0.15) is 11.6 Å². The van der Waals surface area contributed by atoms with E-state index in [4.69, 9.17) is 4.74 Å². The second-order valence-electron chi connectivity index (χ2n) is 3.26. The largest absolute Gasteiger partial charge is 0.447 e. The number of alkyl carbamates (subject to hydrolysis) is 1. The van der Waals surface area contributed by atoms with Gasteiger partial charge in [-0.25, -0.2) is 4.79 Å². The number of cyclic esters (lactones) is 1. The van der Waals surface area contributed by atoms with Gasteiger partial charge in [0.15, 0.2) is 0 Å². The van der Waals surface area contributed by atoms with Gasteiger partial charge < -0.3 is 10.1 Å². The number of hydrogen-bond donors (Lipinski definition) is 1. The van der Waals surface area contributed by atoms with Crippen LogP contribution >= 0.6 is 28.3 Å². The SMILES string of the molecule is Cl.O=C1N[C@H](c2ccc(Br)c([N+](=O)[O-])c2)CO1. The van der Waals surface area contributed by atoms with E-state index < -0.39 is 11.0 Å². The summed E-state index contributed by atoms with van der Waals surface area (Å²) in [4.78, 5) is 21.1. The molecule has 1 aliphatic rings. The molecule has 92 valence electrons. The third kappa shape index (κ3) is 2.86. The zero-order valence-electron chi connectivity index (χ0n) is 8.38. The Bertz CT molecular complexity index is 468. The average molecular weight is 324 g/mol. The van der Waals surface area contributed by atoms with E-state index in [2.05, 4.69) is 21.2 Å². The zero-order valence-corrected chi connectivity index (χ0v) is 10.8. The summed E-state index contributed by atoms with van der Waals surface area (Å²) in [6.07, 6.45) is -0.504. The minimum atomic E-state index is -0.504. The summed E-state index contributed by atoms with van der Waals surface area (Å²) < 4.78 is 5.13. The van der Waals surface area contributed by atoms with Crippen molar-refractivity contribution < 1.29 is 14.5 Å². The van der Waals surface area contributed by atoms with Crippen LogP contribution in [0.4, 0.5) is 10.5 Å². The topological polar surface area (TPSA) is 81.5 Å². The number of nitrogens with zero attached hydrogens (tertiary/aromatic N) is 1. The monoisotopic (exact) mass is 322 g/mol. The molecule has 0 saturated carbocycles. The Balaban J connectivity index is 0.00000144.